The van der Waals surface area contributed by atoms with E-state index in [1.807, 2.05) is 19.9 Å². The fourth-order valence-corrected chi connectivity index (χ4v) is 1.85. The highest BCUT2D eigenvalue weighted by Crippen LogP contribution is 2.16. The van der Waals surface area contributed by atoms with Gasteiger partial charge in [0.15, 0.2) is 0 Å². The fourth-order valence-electron chi connectivity index (χ4n) is 1.43. The second-order valence-corrected chi connectivity index (χ2v) is 5.51. The minimum absolute atomic E-state index is 0.0641. The molecule has 5 heteroatoms. The average Bonchev–Trinajstić information content (AvgIpc) is 2.38. The number of halogens is 2. The van der Waals surface area contributed by atoms with Crippen molar-refractivity contribution in [2.75, 3.05) is 11.8 Å². The molecule has 1 aromatic rings. The first-order valence-electron chi connectivity index (χ1n) is 6.11. The molecular formula is C14H19Cl2NO2. The van der Waals surface area contributed by atoms with Crippen molar-refractivity contribution in [3.63, 3.8) is 0 Å². The smallest absolute Gasteiger partial charge is 0.251 e. The standard InChI is InChI=1S/C14H19Cl2NO2/c1-10(2)19-12-6-4-5-11(7-12)13(18)17-14(3,8-15)9-16/h4-7,10H,8-9H2,1-3H3,(H,17,18). The second-order valence-electron chi connectivity index (χ2n) is 4.98. The third-order valence-electron chi connectivity index (χ3n) is 2.47. The molecule has 0 saturated carbocycles. The SMILES string of the molecule is CC(C)Oc1cccc(C(=O)NC(C)(CCl)CCl)c1. The number of amides is 1. The van der Waals surface area contributed by atoms with E-state index in [0.717, 1.165) is 0 Å². The van der Waals surface area contributed by atoms with Gasteiger partial charge < -0.3 is 10.1 Å². The molecule has 0 fully saturated rings. The molecule has 0 atom stereocenters. The molecule has 0 heterocycles. The van der Waals surface area contributed by atoms with Crippen molar-refractivity contribution in [2.24, 2.45) is 0 Å². The lowest BCUT2D eigenvalue weighted by Crippen LogP contribution is -2.49. The number of ether oxygens (including phenoxy) is 1. The molecule has 1 aromatic carbocycles. The van der Waals surface area contributed by atoms with Gasteiger partial charge in [-0.25, -0.2) is 0 Å². The molecular weight excluding hydrogens is 285 g/mol. The number of nitrogens with one attached hydrogen (secondary N) is 1. The molecule has 0 saturated heterocycles. The van der Waals surface area contributed by atoms with Crippen LogP contribution in [-0.4, -0.2) is 29.3 Å². The van der Waals surface area contributed by atoms with Gasteiger partial charge in [0.25, 0.3) is 5.91 Å². The molecule has 19 heavy (non-hydrogen) atoms. The molecule has 3 nitrogen and oxygen atoms in total. The molecule has 106 valence electrons. The van der Waals surface area contributed by atoms with E-state index in [-0.39, 0.29) is 23.8 Å². The molecule has 0 unspecified atom stereocenters. The zero-order valence-electron chi connectivity index (χ0n) is 11.4. The summed E-state index contributed by atoms with van der Waals surface area (Å²) in [7, 11) is 0. The molecule has 0 spiro atoms. The van der Waals surface area contributed by atoms with Crippen LogP contribution in [0.15, 0.2) is 24.3 Å². The number of carbonyl (C=O) groups is 1. The molecule has 1 amide bonds. The van der Waals surface area contributed by atoms with Crippen molar-refractivity contribution in [3.05, 3.63) is 29.8 Å². The third-order valence-corrected chi connectivity index (χ3v) is 3.65. The summed E-state index contributed by atoms with van der Waals surface area (Å²) in [6.07, 6.45) is 0.0641. The van der Waals surface area contributed by atoms with E-state index in [9.17, 15) is 4.79 Å². The van der Waals surface area contributed by atoms with Crippen LogP contribution in [0.4, 0.5) is 0 Å². The first-order valence-corrected chi connectivity index (χ1v) is 7.18. The van der Waals surface area contributed by atoms with E-state index in [1.54, 1.807) is 25.1 Å². The maximum Gasteiger partial charge on any atom is 0.251 e. The van der Waals surface area contributed by atoms with E-state index in [4.69, 9.17) is 27.9 Å². The summed E-state index contributed by atoms with van der Waals surface area (Å²) in [6.45, 7) is 5.68. The quantitative estimate of drug-likeness (QED) is 0.818. The Hall–Kier alpha value is -0.930. The summed E-state index contributed by atoms with van der Waals surface area (Å²) in [5, 5.41) is 2.83. The zero-order valence-corrected chi connectivity index (χ0v) is 12.9. The highest BCUT2D eigenvalue weighted by molar-refractivity contribution is 6.22. The number of carbonyl (C=O) groups excluding carboxylic acids is 1. The van der Waals surface area contributed by atoms with E-state index in [0.29, 0.717) is 11.3 Å². The van der Waals surface area contributed by atoms with E-state index < -0.39 is 5.54 Å². The number of hydrogen-bond acceptors (Lipinski definition) is 2. The summed E-state index contributed by atoms with van der Waals surface area (Å²) in [5.41, 5.74) is -0.0886. The molecule has 0 radical (unpaired) electrons. The lowest BCUT2D eigenvalue weighted by atomic mass is 10.1. The Bertz CT molecular complexity index is 431. The summed E-state index contributed by atoms with van der Waals surface area (Å²) in [6, 6.07) is 7.04. The fraction of sp³-hybridized carbons (Fsp3) is 0.500. The van der Waals surface area contributed by atoms with E-state index in [1.165, 1.54) is 0 Å². The van der Waals surface area contributed by atoms with Gasteiger partial charge in [0.2, 0.25) is 0 Å². The minimum atomic E-state index is -0.616. The molecule has 0 aliphatic carbocycles. The predicted molar refractivity (Wildman–Crippen MR) is 79.5 cm³/mol. The predicted octanol–water partition coefficient (Wildman–Crippen LogP) is 3.44. The van der Waals surface area contributed by atoms with Crippen LogP contribution in [0.2, 0.25) is 0 Å². The van der Waals surface area contributed by atoms with E-state index in [2.05, 4.69) is 5.32 Å². The lowest BCUT2D eigenvalue weighted by Gasteiger charge is -2.26. The van der Waals surface area contributed by atoms with Crippen LogP contribution in [-0.2, 0) is 0 Å². The number of benzene rings is 1. The summed E-state index contributed by atoms with van der Waals surface area (Å²) >= 11 is 11.6. The Morgan fingerprint density at radius 2 is 2.00 bits per heavy atom. The first-order chi connectivity index (χ1) is 8.90. The molecule has 1 N–H and O–H groups in total. The monoisotopic (exact) mass is 303 g/mol. The van der Waals surface area contributed by atoms with Crippen LogP contribution < -0.4 is 10.1 Å². The van der Waals surface area contributed by atoms with Gasteiger partial charge in [0.05, 0.1) is 11.6 Å². The van der Waals surface area contributed by atoms with Crippen LogP contribution in [0.25, 0.3) is 0 Å². The second kappa shape index (κ2) is 7.01. The van der Waals surface area contributed by atoms with Crippen LogP contribution in [0.3, 0.4) is 0 Å². The van der Waals surface area contributed by atoms with Gasteiger partial charge >= 0.3 is 0 Å². The highest BCUT2D eigenvalue weighted by atomic mass is 35.5. The van der Waals surface area contributed by atoms with Crippen molar-refractivity contribution < 1.29 is 9.53 Å². The van der Waals surface area contributed by atoms with Gasteiger partial charge in [-0.2, -0.15) is 0 Å². The maximum atomic E-state index is 12.1. The summed E-state index contributed by atoms with van der Waals surface area (Å²) < 4.78 is 5.56. The molecule has 0 aliphatic heterocycles. The lowest BCUT2D eigenvalue weighted by molar-refractivity contribution is 0.0920. The zero-order chi connectivity index (χ0) is 14.5. The van der Waals surface area contributed by atoms with Crippen LogP contribution in [0.5, 0.6) is 5.75 Å². The number of hydrogen-bond donors (Lipinski definition) is 1. The van der Waals surface area contributed by atoms with Gasteiger partial charge in [-0.05, 0) is 39.0 Å². The van der Waals surface area contributed by atoms with Gasteiger partial charge in [-0.1, -0.05) is 6.07 Å². The van der Waals surface area contributed by atoms with Crippen LogP contribution in [0.1, 0.15) is 31.1 Å². The van der Waals surface area contributed by atoms with Gasteiger partial charge in [0.1, 0.15) is 5.75 Å². The average molecular weight is 304 g/mol. The van der Waals surface area contributed by atoms with Crippen molar-refractivity contribution in [3.8, 4) is 5.75 Å². The Balaban J connectivity index is 2.82. The van der Waals surface area contributed by atoms with Crippen molar-refractivity contribution >= 4 is 29.1 Å². The van der Waals surface area contributed by atoms with Crippen molar-refractivity contribution in [1.29, 1.82) is 0 Å². The summed E-state index contributed by atoms with van der Waals surface area (Å²) in [4.78, 5) is 12.1. The van der Waals surface area contributed by atoms with Crippen LogP contribution in [0, 0.1) is 0 Å². The number of alkyl halides is 2. The topological polar surface area (TPSA) is 38.3 Å². The third kappa shape index (κ3) is 4.92. The Morgan fingerprint density at radius 3 is 2.53 bits per heavy atom. The van der Waals surface area contributed by atoms with Gasteiger partial charge in [-0.15, -0.1) is 23.2 Å². The highest BCUT2D eigenvalue weighted by Gasteiger charge is 2.25. The molecule has 1 rings (SSSR count). The number of rotatable bonds is 6. The van der Waals surface area contributed by atoms with Gasteiger partial charge in [-0.3, -0.25) is 4.79 Å². The van der Waals surface area contributed by atoms with Gasteiger partial charge in [0, 0.05) is 17.3 Å². The Labute approximate surface area is 124 Å². The maximum absolute atomic E-state index is 12.1. The van der Waals surface area contributed by atoms with Crippen molar-refractivity contribution in [1.82, 2.24) is 5.32 Å². The minimum Gasteiger partial charge on any atom is -0.491 e. The molecule has 0 aliphatic rings. The van der Waals surface area contributed by atoms with Crippen LogP contribution >= 0.6 is 23.2 Å². The Kier molecular flexibility index (Phi) is 5.95. The molecule has 0 bridgehead atoms. The molecule has 0 aromatic heterocycles. The first kappa shape index (κ1) is 16.1. The van der Waals surface area contributed by atoms with Crippen molar-refractivity contribution in [2.45, 2.75) is 32.4 Å². The largest absolute Gasteiger partial charge is 0.491 e. The normalized spacial score (nSPS) is 11.5. The van der Waals surface area contributed by atoms with E-state index >= 15 is 0 Å². The summed E-state index contributed by atoms with van der Waals surface area (Å²) in [5.74, 6) is 0.966. The Morgan fingerprint density at radius 1 is 1.37 bits per heavy atom.